The van der Waals surface area contributed by atoms with E-state index in [9.17, 15) is 4.79 Å². The minimum Gasteiger partial charge on any atom is -0.466 e. The van der Waals surface area contributed by atoms with Crippen LogP contribution in [-0.2, 0) is 9.53 Å². The number of anilines is 2. The zero-order valence-corrected chi connectivity index (χ0v) is 16.1. The Morgan fingerprint density at radius 3 is 2.17 bits per heavy atom. The summed E-state index contributed by atoms with van der Waals surface area (Å²) in [6.07, 6.45) is 0.383. The highest BCUT2D eigenvalue weighted by atomic mass is 16.5. The molecular weight excluding hydrogens is 300 g/mol. The molecule has 24 heavy (non-hydrogen) atoms. The summed E-state index contributed by atoms with van der Waals surface area (Å²) in [7, 11) is 0. The van der Waals surface area contributed by atoms with Crippen LogP contribution in [0.3, 0.4) is 0 Å². The van der Waals surface area contributed by atoms with Gasteiger partial charge in [0.1, 0.15) is 0 Å². The van der Waals surface area contributed by atoms with Gasteiger partial charge in [-0.1, -0.05) is 40.7 Å². The molecule has 0 fully saturated rings. The first-order valence-corrected chi connectivity index (χ1v) is 9.04. The first-order chi connectivity index (χ1) is 11.2. The Kier molecular flexibility index (Phi) is 8.09. The summed E-state index contributed by atoms with van der Waals surface area (Å²) in [5.74, 6) is 1.09. The van der Waals surface area contributed by atoms with Crippen LogP contribution in [0.15, 0.2) is 18.2 Å². The average molecular weight is 335 g/mol. The second-order valence-corrected chi connectivity index (χ2v) is 7.42. The third-order valence-corrected chi connectivity index (χ3v) is 3.91. The lowest BCUT2D eigenvalue weighted by atomic mass is 9.96. The molecule has 0 aliphatic rings. The van der Waals surface area contributed by atoms with Crippen molar-refractivity contribution in [1.29, 1.82) is 0 Å². The summed E-state index contributed by atoms with van der Waals surface area (Å²) in [6, 6.07) is 6.19. The summed E-state index contributed by atoms with van der Waals surface area (Å²) >= 11 is 0. The van der Waals surface area contributed by atoms with Crippen LogP contribution in [-0.4, -0.2) is 25.7 Å². The SMILES string of the molecule is CCOC(=O)CC(C)c1ccc(N(CC(C)C)CC(C)C)c(N)c1. The normalized spacial score (nSPS) is 12.5. The van der Waals surface area contributed by atoms with E-state index in [2.05, 4.69) is 44.7 Å². The maximum atomic E-state index is 11.7. The van der Waals surface area contributed by atoms with Crippen molar-refractivity contribution in [3.63, 3.8) is 0 Å². The molecule has 0 aliphatic heterocycles. The largest absolute Gasteiger partial charge is 0.466 e. The molecule has 0 radical (unpaired) electrons. The first-order valence-electron chi connectivity index (χ1n) is 9.04. The number of rotatable bonds is 9. The Labute approximate surface area is 147 Å². The molecule has 4 heteroatoms. The monoisotopic (exact) mass is 334 g/mol. The number of nitrogens with two attached hydrogens (primary N) is 1. The zero-order chi connectivity index (χ0) is 18.3. The number of nitrogen functional groups attached to an aromatic ring is 1. The van der Waals surface area contributed by atoms with Crippen LogP contribution in [0.1, 0.15) is 59.4 Å². The standard InChI is InChI=1S/C20H34N2O2/c1-7-24-20(23)10-16(6)17-8-9-19(18(21)11-17)22(12-14(2)3)13-15(4)5/h8-9,11,14-16H,7,10,12-13,21H2,1-6H3. The number of carbonyl (C=O) groups is 1. The molecule has 0 saturated carbocycles. The van der Waals surface area contributed by atoms with Crippen molar-refractivity contribution in [3.8, 4) is 0 Å². The zero-order valence-electron chi connectivity index (χ0n) is 16.1. The molecule has 1 rings (SSSR count). The van der Waals surface area contributed by atoms with E-state index >= 15 is 0 Å². The minimum atomic E-state index is -0.158. The van der Waals surface area contributed by atoms with Gasteiger partial charge in [0, 0.05) is 13.1 Å². The van der Waals surface area contributed by atoms with E-state index in [1.54, 1.807) is 0 Å². The number of esters is 1. The van der Waals surface area contributed by atoms with E-state index in [0.717, 1.165) is 30.0 Å². The lowest BCUT2D eigenvalue weighted by Gasteiger charge is -2.30. The minimum absolute atomic E-state index is 0.101. The number of ether oxygens (including phenoxy) is 1. The fourth-order valence-corrected chi connectivity index (χ4v) is 2.91. The number of hydrogen-bond donors (Lipinski definition) is 1. The molecule has 0 aromatic heterocycles. The molecule has 0 spiro atoms. The second kappa shape index (κ2) is 9.55. The third kappa shape index (κ3) is 6.42. The smallest absolute Gasteiger partial charge is 0.306 e. The molecule has 4 nitrogen and oxygen atoms in total. The van der Waals surface area contributed by atoms with Gasteiger partial charge in [-0.3, -0.25) is 4.79 Å². The van der Waals surface area contributed by atoms with Crippen LogP contribution in [0, 0.1) is 11.8 Å². The molecule has 0 saturated heterocycles. The van der Waals surface area contributed by atoms with Crippen LogP contribution in [0.25, 0.3) is 0 Å². The van der Waals surface area contributed by atoms with Gasteiger partial charge in [-0.05, 0) is 42.4 Å². The molecule has 0 amide bonds. The lowest BCUT2D eigenvalue weighted by molar-refractivity contribution is -0.143. The predicted octanol–water partition coefficient (Wildman–Crippen LogP) is 4.44. The second-order valence-electron chi connectivity index (χ2n) is 7.42. The Bertz CT molecular complexity index is 516. The van der Waals surface area contributed by atoms with Gasteiger partial charge < -0.3 is 15.4 Å². The van der Waals surface area contributed by atoms with Crippen LogP contribution < -0.4 is 10.6 Å². The fourth-order valence-electron chi connectivity index (χ4n) is 2.91. The molecule has 1 atom stereocenters. The van der Waals surface area contributed by atoms with Gasteiger partial charge >= 0.3 is 5.97 Å². The van der Waals surface area contributed by atoms with Crippen molar-refractivity contribution in [3.05, 3.63) is 23.8 Å². The highest BCUT2D eigenvalue weighted by Gasteiger charge is 2.17. The van der Waals surface area contributed by atoms with Crippen molar-refractivity contribution in [2.45, 2.75) is 53.9 Å². The average Bonchev–Trinajstić information content (AvgIpc) is 2.45. The molecule has 0 aliphatic carbocycles. The van der Waals surface area contributed by atoms with Gasteiger partial charge in [0.05, 0.1) is 24.4 Å². The quantitative estimate of drug-likeness (QED) is 0.535. The van der Waals surface area contributed by atoms with Crippen LogP contribution in [0.4, 0.5) is 11.4 Å². The maximum absolute atomic E-state index is 11.7. The van der Waals surface area contributed by atoms with E-state index < -0.39 is 0 Å². The van der Waals surface area contributed by atoms with E-state index in [0.29, 0.717) is 24.9 Å². The fraction of sp³-hybridized carbons (Fsp3) is 0.650. The Morgan fingerprint density at radius 2 is 1.71 bits per heavy atom. The number of hydrogen-bond acceptors (Lipinski definition) is 4. The molecular formula is C20H34N2O2. The molecule has 0 heterocycles. The van der Waals surface area contributed by atoms with Gasteiger partial charge in [-0.15, -0.1) is 0 Å². The topological polar surface area (TPSA) is 55.6 Å². The van der Waals surface area contributed by atoms with Gasteiger partial charge in [0.25, 0.3) is 0 Å². The summed E-state index contributed by atoms with van der Waals surface area (Å²) in [4.78, 5) is 14.0. The Morgan fingerprint density at radius 1 is 1.12 bits per heavy atom. The molecule has 2 N–H and O–H groups in total. The van der Waals surface area contributed by atoms with Crippen LogP contribution in [0.5, 0.6) is 0 Å². The van der Waals surface area contributed by atoms with Gasteiger partial charge in [-0.25, -0.2) is 0 Å². The number of carbonyl (C=O) groups excluding carboxylic acids is 1. The number of nitrogens with zero attached hydrogens (tertiary/aromatic N) is 1. The lowest BCUT2D eigenvalue weighted by Crippen LogP contribution is -2.31. The summed E-state index contributed by atoms with van der Waals surface area (Å²) in [5, 5.41) is 0. The van der Waals surface area contributed by atoms with Crippen LogP contribution >= 0.6 is 0 Å². The van der Waals surface area contributed by atoms with Crippen molar-refractivity contribution in [1.82, 2.24) is 0 Å². The van der Waals surface area contributed by atoms with Gasteiger partial charge in [-0.2, -0.15) is 0 Å². The first kappa shape index (κ1) is 20.3. The third-order valence-electron chi connectivity index (χ3n) is 3.91. The Balaban J connectivity index is 2.93. The van der Waals surface area contributed by atoms with Crippen molar-refractivity contribution in [2.24, 2.45) is 11.8 Å². The number of benzene rings is 1. The maximum Gasteiger partial charge on any atom is 0.306 e. The van der Waals surface area contributed by atoms with E-state index in [4.69, 9.17) is 10.5 Å². The highest BCUT2D eigenvalue weighted by Crippen LogP contribution is 2.30. The van der Waals surface area contributed by atoms with E-state index in [-0.39, 0.29) is 11.9 Å². The summed E-state index contributed by atoms with van der Waals surface area (Å²) in [5.41, 5.74) is 9.29. The van der Waals surface area contributed by atoms with E-state index in [1.165, 1.54) is 0 Å². The summed E-state index contributed by atoms with van der Waals surface area (Å²) in [6.45, 7) is 15.1. The summed E-state index contributed by atoms with van der Waals surface area (Å²) < 4.78 is 5.04. The van der Waals surface area contributed by atoms with Crippen molar-refractivity contribution in [2.75, 3.05) is 30.3 Å². The predicted molar refractivity (Wildman–Crippen MR) is 102 cm³/mol. The van der Waals surface area contributed by atoms with Gasteiger partial charge in [0.2, 0.25) is 0 Å². The van der Waals surface area contributed by atoms with Crippen molar-refractivity contribution >= 4 is 17.3 Å². The van der Waals surface area contributed by atoms with E-state index in [1.807, 2.05) is 19.9 Å². The molecule has 1 unspecified atom stereocenters. The molecule has 1 aromatic carbocycles. The van der Waals surface area contributed by atoms with Crippen molar-refractivity contribution < 1.29 is 9.53 Å². The highest BCUT2D eigenvalue weighted by molar-refractivity contribution is 5.72. The molecule has 136 valence electrons. The van der Waals surface area contributed by atoms with Gasteiger partial charge in [0.15, 0.2) is 0 Å². The molecule has 0 bridgehead atoms. The molecule has 1 aromatic rings. The van der Waals surface area contributed by atoms with Crippen LogP contribution in [0.2, 0.25) is 0 Å². The Hall–Kier alpha value is -1.71.